The molecule has 0 spiro atoms. The number of benzene rings is 1. The van der Waals surface area contributed by atoms with E-state index in [1.165, 1.54) is 0 Å². The molecule has 2 amide bonds. The first-order valence-electron chi connectivity index (χ1n) is 6.51. The number of carbonyl (C=O) groups excluding carboxylic acids is 2. The Hall–Kier alpha value is -1.59. The van der Waals surface area contributed by atoms with Gasteiger partial charge in [-0.25, -0.2) is 0 Å². The smallest absolute Gasteiger partial charge is 0.313 e. The summed E-state index contributed by atoms with van der Waals surface area (Å²) >= 11 is 5.84. The summed E-state index contributed by atoms with van der Waals surface area (Å²) in [4.78, 5) is 23.3. The predicted octanol–water partition coefficient (Wildman–Crippen LogP) is 1.87. The van der Waals surface area contributed by atoms with Crippen LogP contribution in [0.5, 0.6) is 0 Å². The van der Waals surface area contributed by atoms with Gasteiger partial charge in [0, 0.05) is 23.9 Å². The molecule has 5 nitrogen and oxygen atoms in total. The average molecular weight is 299 g/mol. The molecule has 0 aromatic heterocycles. The van der Waals surface area contributed by atoms with E-state index in [9.17, 15) is 9.59 Å². The Morgan fingerprint density at radius 1 is 1.20 bits per heavy atom. The van der Waals surface area contributed by atoms with E-state index in [1.807, 2.05) is 6.92 Å². The van der Waals surface area contributed by atoms with E-state index >= 15 is 0 Å². The van der Waals surface area contributed by atoms with Crippen LogP contribution in [0.15, 0.2) is 18.2 Å². The van der Waals surface area contributed by atoms with Crippen LogP contribution in [-0.2, 0) is 9.59 Å². The first kappa shape index (κ1) is 16.5. The summed E-state index contributed by atoms with van der Waals surface area (Å²) in [7, 11) is 0. The highest BCUT2D eigenvalue weighted by Gasteiger charge is 2.14. The summed E-state index contributed by atoms with van der Waals surface area (Å²) in [6.07, 6.45) is 2.24. The lowest BCUT2D eigenvalue weighted by Crippen LogP contribution is -2.36. The third kappa shape index (κ3) is 5.59. The van der Waals surface area contributed by atoms with Crippen molar-refractivity contribution in [1.29, 1.82) is 0 Å². The summed E-state index contributed by atoms with van der Waals surface area (Å²) in [5.74, 6) is -1.38. The van der Waals surface area contributed by atoms with Gasteiger partial charge in [0.25, 0.3) is 0 Å². The van der Waals surface area contributed by atoms with E-state index in [-0.39, 0.29) is 6.61 Å². The Labute approximate surface area is 123 Å². The summed E-state index contributed by atoms with van der Waals surface area (Å²) < 4.78 is 0. The van der Waals surface area contributed by atoms with Crippen molar-refractivity contribution >= 4 is 29.1 Å². The molecule has 1 rings (SSSR count). The van der Waals surface area contributed by atoms with Crippen molar-refractivity contribution < 1.29 is 14.7 Å². The fourth-order valence-electron chi connectivity index (χ4n) is 1.60. The molecular formula is C14H19ClN2O3. The fraction of sp³-hybridized carbons (Fsp3) is 0.429. The lowest BCUT2D eigenvalue weighted by molar-refractivity contribution is -0.136. The Morgan fingerprint density at radius 2 is 1.95 bits per heavy atom. The third-order valence-electron chi connectivity index (χ3n) is 2.77. The molecule has 0 radical (unpaired) electrons. The van der Waals surface area contributed by atoms with Gasteiger partial charge in [0.05, 0.1) is 0 Å². The van der Waals surface area contributed by atoms with Gasteiger partial charge in [-0.05, 0) is 43.9 Å². The van der Waals surface area contributed by atoms with Gasteiger partial charge < -0.3 is 15.7 Å². The molecule has 1 aromatic rings. The van der Waals surface area contributed by atoms with E-state index in [1.54, 1.807) is 18.2 Å². The number of anilines is 1. The first-order valence-corrected chi connectivity index (χ1v) is 6.88. The quantitative estimate of drug-likeness (QED) is 0.554. The Kier molecular flexibility index (Phi) is 7.04. The second-order valence-electron chi connectivity index (χ2n) is 4.45. The second kappa shape index (κ2) is 8.55. The van der Waals surface area contributed by atoms with Crippen LogP contribution in [0.3, 0.4) is 0 Å². The molecule has 0 aliphatic rings. The molecule has 0 saturated carbocycles. The minimum Gasteiger partial charge on any atom is -0.396 e. The predicted molar refractivity (Wildman–Crippen MR) is 78.8 cm³/mol. The molecule has 110 valence electrons. The van der Waals surface area contributed by atoms with Crippen LogP contribution >= 0.6 is 11.6 Å². The van der Waals surface area contributed by atoms with E-state index in [2.05, 4.69) is 10.6 Å². The van der Waals surface area contributed by atoms with Crippen molar-refractivity contribution in [2.24, 2.45) is 0 Å². The van der Waals surface area contributed by atoms with Crippen molar-refractivity contribution in [3.8, 4) is 0 Å². The molecule has 0 bridgehead atoms. The van der Waals surface area contributed by atoms with Crippen molar-refractivity contribution in [2.75, 3.05) is 18.5 Å². The number of rotatable bonds is 6. The van der Waals surface area contributed by atoms with E-state index in [4.69, 9.17) is 16.7 Å². The van der Waals surface area contributed by atoms with Crippen LogP contribution < -0.4 is 10.6 Å². The highest BCUT2D eigenvalue weighted by Crippen LogP contribution is 2.19. The molecule has 0 aliphatic heterocycles. The highest BCUT2D eigenvalue weighted by molar-refractivity contribution is 6.40. The number of nitrogens with one attached hydrogen (secondary N) is 2. The number of halogens is 1. The lowest BCUT2D eigenvalue weighted by atomic mass is 10.2. The maximum absolute atomic E-state index is 11.7. The number of aliphatic hydroxyl groups is 1. The maximum Gasteiger partial charge on any atom is 0.313 e. The minimum absolute atomic E-state index is 0.141. The van der Waals surface area contributed by atoms with Crippen LogP contribution in [0.1, 0.15) is 24.8 Å². The number of hydrogen-bond acceptors (Lipinski definition) is 3. The van der Waals surface area contributed by atoms with Crippen molar-refractivity contribution in [3.05, 3.63) is 28.8 Å². The number of carbonyl (C=O) groups is 2. The molecule has 6 heteroatoms. The third-order valence-corrected chi connectivity index (χ3v) is 3.01. The molecule has 3 N–H and O–H groups in total. The van der Waals surface area contributed by atoms with Gasteiger partial charge in [0.2, 0.25) is 0 Å². The largest absolute Gasteiger partial charge is 0.396 e. The molecule has 0 atom stereocenters. The molecular weight excluding hydrogens is 280 g/mol. The van der Waals surface area contributed by atoms with E-state index in [0.29, 0.717) is 23.7 Å². The van der Waals surface area contributed by atoms with E-state index in [0.717, 1.165) is 18.4 Å². The van der Waals surface area contributed by atoms with Crippen molar-refractivity contribution in [2.45, 2.75) is 26.2 Å². The Morgan fingerprint density at radius 3 is 2.65 bits per heavy atom. The number of unbranched alkanes of at least 4 members (excludes halogenated alkanes) is 2. The number of aryl methyl sites for hydroxylation is 1. The first-order chi connectivity index (χ1) is 9.54. The van der Waals surface area contributed by atoms with Gasteiger partial charge in [0.1, 0.15) is 0 Å². The number of aliphatic hydroxyl groups excluding tert-OH is 1. The van der Waals surface area contributed by atoms with Gasteiger partial charge in [-0.15, -0.1) is 0 Å². The van der Waals surface area contributed by atoms with Gasteiger partial charge in [0.15, 0.2) is 0 Å². The van der Waals surface area contributed by atoms with Gasteiger partial charge >= 0.3 is 11.8 Å². The van der Waals surface area contributed by atoms with Gasteiger partial charge in [-0.3, -0.25) is 9.59 Å². The molecule has 0 fully saturated rings. The normalized spacial score (nSPS) is 10.2. The molecule has 0 unspecified atom stereocenters. The van der Waals surface area contributed by atoms with Crippen molar-refractivity contribution in [1.82, 2.24) is 5.32 Å². The number of hydrogen-bond donors (Lipinski definition) is 3. The second-order valence-corrected chi connectivity index (χ2v) is 4.89. The molecule has 0 saturated heterocycles. The molecule has 0 heterocycles. The highest BCUT2D eigenvalue weighted by atomic mass is 35.5. The summed E-state index contributed by atoms with van der Waals surface area (Å²) in [6, 6.07) is 5.09. The van der Waals surface area contributed by atoms with Crippen LogP contribution in [0.2, 0.25) is 5.02 Å². The number of amides is 2. The standard InChI is InChI=1S/C14H19ClN2O3/c1-10-5-6-11(15)9-12(10)17-14(20)13(19)16-7-3-2-4-8-18/h5-6,9,18H,2-4,7-8H2,1H3,(H,16,19)(H,17,20). The zero-order chi connectivity index (χ0) is 15.0. The molecule has 20 heavy (non-hydrogen) atoms. The fourth-order valence-corrected chi connectivity index (χ4v) is 1.78. The SMILES string of the molecule is Cc1ccc(Cl)cc1NC(=O)C(=O)NCCCCCO. The Balaban J connectivity index is 2.41. The van der Waals surface area contributed by atoms with Crippen molar-refractivity contribution in [3.63, 3.8) is 0 Å². The molecule has 1 aromatic carbocycles. The van der Waals surface area contributed by atoms with Gasteiger partial charge in [-0.2, -0.15) is 0 Å². The Bertz CT molecular complexity index is 477. The summed E-state index contributed by atoms with van der Waals surface area (Å²) in [5, 5.41) is 14.2. The van der Waals surface area contributed by atoms with Gasteiger partial charge in [-0.1, -0.05) is 17.7 Å². The lowest BCUT2D eigenvalue weighted by Gasteiger charge is -2.09. The van der Waals surface area contributed by atoms with E-state index < -0.39 is 11.8 Å². The topological polar surface area (TPSA) is 78.4 Å². The zero-order valence-electron chi connectivity index (χ0n) is 11.4. The van der Waals surface area contributed by atoms with Crippen LogP contribution in [0.25, 0.3) is 0 Å². The minimum atomic E-state index is -0.711. The van der Waals surface area contributed by atoms with Crippen LogP contribution in [-0.4, -0.2) is 30.1 Å². The summed E-state index contributed by atoms with van der Waals surface area (Å²) in [5.41, 5.74) is 1.36. The monoisotopic (exact) mass is 298 g/mol. The summed E-state index contributed by atoms with van der Waals surface area (Å²) in [6.45, 7) is 2.38. The average Bonchev–Trinajstić information content (AvgIpc) is 2.42. The van der Waals surface area contributed by atoms with Crippen LogP contribution in [0.4, 0.5) is 5.69 Å². The van der Waals surface area contributed by atoms with Crippen LogP contribution in [0, 0.1) is 6.92 Å². The maximum atomic E-state index is 11.7. The zero-order valence-corrected chi connectivity index (χ0v) is 12.2. The molecule has 0 aliphatic carbocycles.